The maximum absolute atomic E-state index is 10.4. The van der Waals surface area contributed by atoms with Crippen molar-refractivity contribution >= 4 is 0 Å². The highest BCUT2D eigenvalue weighted by atomic mass is 16.3. The maximum atomic E-state index is 10.4. The lowest BCUT2D eigenvalue weighted by atomic mass is 9.86. The van der Waals surface area contributed by atoms with Crippen molar-refractivity contribution in [2.45, 2.75) is 25.4 Å². The molecule has 0 spiro atoms. The monoisotopic (exact) mass is 207 g/mol. The van der Waals surface area contributed by atoms with Gasteiger partial charge < -0.3 is 10.0 Å². The SMILES string of the molecule is CCN1CCC(O)(c2cncnc2)CC1. The minimum absolute atomic E-state index is 0.715. The summed E-state index contributed by atoms with van der Waals surface area (Å²) < 4.78 is 0. The fraction of sp³-hybridized carbons (Fsp3) is 0.636. The normalized spacial score (nSPS) is 21.5. The molecule has 2 heterocycles. The smallest absolute Gasteiger partial charge is 0.115 e. The Hall–Kier alpha value is -1.00. The van der Waals surface area contributed by atoms with Gasteiger partial charge in [-0.1, -0.05) is 6.92 Å². The van der Waals surface area contributed by atoms with E-state index in [4.69, 9.17) is 0 Å². The van der Waals surface area contributed by atoms with Crippen LogP contribution in [0, 0.1) is 0 Å². The molecule has 1 aromatic heterocycles. The van der Waals surface area contributed by atoms with Crippen LogP contribution in [0.15, 0.2) is 18.7 Å². The van der Waals surface area contributed by atoms with Gasteiger partial charge in [0.2, 0.25) is 0 Å². The molecule has 4 nitrogen and oxygen atoms in total. The molecule has 1 aliphatic rings. The Kier molecular flexibility index (Phi) is 2.98. The van der Waals surface area contributed by atoms with Crippen LogP contribution < -0.4 is 0 Å². The largest absolute Gasteiger partial charge is 0.385 e. The number of nitrogens with zero attached hydrogens (tertiary/aromatic N) is 3. The zero-order chi connectivity index (χ0) is 10.7. The lowest BCUT2D eigenvalue weighted by Crippen LogP contribution is -2.42. The average Bonchev–Trinajstić information content (AvgIpc) is 2.31. The Morgan fingerprint density at radius 2 is 1.93 bits per heavy atom. The first kappa shape index (κ1) is 10.5. The van der Waals surface area contributed by atoms with Crippen molar-refractivity contribution in [1.82, 2.24) is 14.9 Å². The molecule has 0 radical (unpaired) electrons. The Labute approximate surface area is 90.0 Å². The van der Waals surface area contributed by atoms with Crippen molar-refractivity contribution in [3.05, 3.63) is 24.3 Å². The van der Waals surface area contributed by atoms with Crippen molar-refractivity contribution in [1.29, 1.82) is 0 Å². The van der Waals surface area contributed by atoms with Gasteiger partial charge in [0.1, 0.15) is 6.33 Å². The number of likely N-dealkylation sites (tertiary alicyclic amines) is 1. The van der Waals surface area contributed by atoms with E-state index in [1.807, 2.05) is 0 Å². The fourth-order valence-electron chi connectivity index (χ4n) is 2.07. The summed E-state index contributed by atoms with van der Waals surface area (Å²) in [6, 6.07) is 0. The van der Waals surface area contributed by atoms with E-state index in [0.29, 0.717) is 0 Å². The first-order chi connectivity index (χ1) is 7.24. The summed E-state index contributed by atoms with van der Waals surface area (Å²) in [4.78, 5) is 10.3. The van der Waals surface area contributed by atoms with Gasteiger partial charge in [0.05, 0.1) is 5.60 Å². The number of aliphatic hydroxyl groups is 1. The van der Waals surface area contributed by atoms with Gasteiger partial charge in [-0.15, -0.1) is 0 Å². The van der Waals surface area contributed by atoms with Gasteiger partial charge in [-0.05, 0) is 19.4 Å². The van der Waals surface area contributed by atoms with Crippen LogP contribution in [-0.4, -0.2) is 39.6 Å². The number of hydrogen-bond donors (Lipinski definition) is 1. The molecule has 1 aromatic rings. The predicted octanol–water partition coefficient (Wildman–Crippen LogP) is 0.780. The third-order valence-electron chi connectivity index (χ3n) is 3.23. The quantitative estimate of drug-likeness (QED) is 0.778. The number of aromatic nitrogens is 2. The van der Waals surface area contributed by atoms with Gasteiger partial charge in [-0.25, -0.2) is 9.97 Å². The van der Waals surface area contributed by atoms with Crippen LogP contribution in [0.3, 0.4) is 0 Å². The maximum Gasteiger partial charge on any atom is 0.115 e. The fourth-order valence-corrected chi connectivity index (χ4v) is 2.07. The molecule has 0 unspecified atom stereocenters. The molecule has 1 saturated heterocycles. The summed E-state index contributed by atoms with van der Waals surface area (Å²) in [5, 5.41) is 10.4. The Morgan fingerprint density at radius 1 is 1.33 bits per heavy atom. The third kappa shape index (κ3) is 2.16. The number of hydrogen-bond acceptors (Lipinski definition) is 4. The van der Waals surface area contributed by atoms with Gasteiger partial charge in [0, 0.05) is 31.0 Å². The molecule has 82 valence electrons. The summed E-state index contributed by atoms with van der Waals surface area (Å²) >= 11 is 0. The van der Waals surface area contributed by atoms with E-state index in [9.17, 15) is 5.11 Å². The topological polar surface area (TPSA) is 49.2 Å². The molecular formula is C11H17N3O. The minimum atomic E-state index is -0.715. The highest BCUT2D eigenvalue weighted by Gasteiger charge is 2.33. The van der Waals surface area contributed by atoms with Crippen LogP contribution in [0.5, 0.6) is 0 Å². The van der Waals surface area contributed by atoms with Gasteiger partial charge in [-0.2, -0.15) is 0 Å². The zero-order valence-corrected chi connectivity index (χ0v) is 9.06. The van der Waals surface area contributed by atoms with E-state index in [-0.39, 0.29) is 0 Å². The molecule has 1 fully saturated rings. The van der Waals surface area contributed by atoms with Crippen molar-refractivity contribution < 1.29 is 5.11 Å². The molecule has 0 bridgehead atoms. The standard InChI is InChI=1S/C11H17N3O/c1-2-14-5-3-11(15,4-6-14)10-7-12-9-13-8-10/h7-9,15H,2-6H2,1H3. The van der Waals surface area contributed by atoms with E-state index in [1.165, 1.54) is 6.33 Å². The number of rotatable bonds is 2. The Balaban J connectivity index is 2.10. The molecule has 0 atom stereocenters. The molecule has 1 N–H and O–H groups in total. The van der Waals surface area contributed by atoms with Gasteiger partial charge >= 0.3 is 0 Å². The first-order valence-electron chi connectivity index (χ1n) is 5.45. The molecule has 1 aliphatic heterocycles. The summed E-state index contributed by atoms with van der Waals surface area (Å²) in [5.41, 5.74) is 0.133. The molecule has 0 saturated carbocycles. The van der Waals surface area contributed by atoms with Crippen LogP contribution >= 0.6 is 0 Å². The van der Waals surface area contributed by atoms with Crippen LogP contribution in [0.4, 0.5) is 0 Å². The van der Waals surface area contributed by atoms with Crippen LogP contribution in [0.2, 0.25) is 0 Å². The van der Waals surface area contributed by atoms with E-state index in [2.05, 4.69) is 21.8 Å². The minimum Gasteiger partial charge on any atom is -0.385 e. The number of piperidine rings is 1. The summed E-state index contributed by atoms with van der Waals surface area (Å²) in [5.74, 6) is 0. The Morgan fingerprint density at radius 3 is 2.47 bits per heavy atom. The van der Waals surface area contributed by atoms with Gasteiger partial charge in [0.15, 0.2) is 0 Å². The van der Waals surface area contributed by atoms with E-state index in [0.717, 1.165) is 38.0 Å². The summed E-state index contributed by atoms with van der Waals surface area (Å²) in [6.45, 7) is 5.10. The molecular weight excluding hydrogens is 190 g/mol. The van der Waals surface area contributed by atoms with Crippen molar-refractivity contribution in [3.8, 4) is 0 Å². The lowest BCUT2D eigenvalue weighted by Gasteiger charge is -2.37. The second-order valence-electron chi connectivity index (χ2n) is 4.09. The van der Waals surface area contributed by atoms with Gasteiger partial charge in [0.25, 0.3) is 0 Å². The molecule has 15 heavy (non-hydrogen) atoms. The predicted molar refractivity (Wildman–Crippen MR) is 57.3 cm³/mol. The van der Waals surface area contributed by atoms with Crippen LogP contribution in [0.25, 0.3) is 0 Å². The second-order valence-corrected chi connectivity index (χ2v) is 4.09. The van der Waals surface area contributed by atoms with Crippen LogP contribution in [-0.2, 0) is 5.60 Å². The highest BCUT2D eigenvalue weighted by Crippen LogP contribution is 2.31. The third-order valence-corrected chi connectivity index (χ3v) is 3.23. The summed E-state index contributed by atoms with van der Waals surface area (Å²) in [7, 11) is 0. The lowest BCUT2D eigenvalue weighted by molar-refractivity contribution is -0.0252. The highest BCUT2D eigenvalue weighted by molar-refractivity contribution is 5.15. The molecule has 0 aliphatic carbocycles. The van der Waals surface area contributed by atoms with Crippen LogP contribution in [0.1, 0.15) is 25.3 Å². The summed E-state index contributed by atoms with van der Waals surface area (Å²) in [6.07, 6.45) is 6.47. The molecule has 4 heteroatoms. The van der Waals surface area contributed by atoms with Gasteiger partial charge in [-0.3, -0.25) is 0 Å². The zero-order valence-electron chi connectivity index (χ0n) is 9.06. The van der Waals surface area contributed by atoms with E-state index in [1.54, 1.807) is 12.4 Å². The average molecular weight is 207 g/mol. The first-order valence-corrected chi connectivity index (χ1v) is 5.45. The van der Waals surface area contributed by atoms with E-state index < -0.39 is 5.60 Å². The van der Waals surface area contributed by atoms with Crippen molar-refractivity contribution in [2.75, 3.05) is 19.6 Å². The molecule has 0 amide bonds. The molecule has 0 aromatic carbocycles. The van der Waals surface area contributed by atoms with Crippen molar-refractivity contribution in [2.24, 2.45) is 0 Å². The second kappa shape index (κ2) is 4.24. The Bertz CT molecular complexity index is 307. The molecule has 2 rings (SSSR count). The van der Waals surface area contributed by atoms with E-state index >= 15 is 0 Å². The van der Waals surface area contributed by atoms with Crippen molar-refractivity contribution in [3.63, 3.8) is 0 Å².